The van der Waals surface area contributed by atoms with E-state index in [-0.39, 0.29) is 0 Å². The van der Waals surface area contributed by atoms with Gasteiger partial charge in [0.1, 0.15) is 11.3 Å². The largest absolute Gasteiger partial charge is 0.461 e. The average Bonchev–Trinajstić information content (AvgIpc) is 2.98. The van der Waals surface area contributed by atoms with Crippen LogP contribution in [-0.4, -0.2) is 19.8 Å². The number of hydrogen-bond donors (Lipinski definition) is 1. The summed E-state index contributed by atoms with van der Waals surface area (Å²) in [5.41, 5.74) is 2.26. The molecule has 96 valence electrons. The lowest BCUT2D eigenvalue weighted by molar-refractivity contribution is 0.185. The molecule has 1 atom stereocenters. The summed E-state index contributed by atoms with van der Waals surface area (Å²) >= 11 is 0. The van der Waals surface area contributed by atoms with E-state index in [1.807, 2.05) is 19.1 Å². The van der Waals surface area contributed by atoms with Crippen molar-refractivity contribution >= 4 is 11.0 Å². The van der Waals surface area contributed by atoms with Crippen LogP contribution >= 0.6 is 0 Å². The first-order valence-electron chi connectivity index (χ1n) is 6.60. The smallest absolute Gasteiger partial charge is 0.134 e. The second-order valence-electron chi connectivity index (χ2n) is 4.99. The Labute approximate surface area is 107 Å². The number of furan rings is 1. The Bertz CT molecular complexity index is 526. The lowest BCUT2D eigenvalue weighted by Crippen LogP contribution is -2.22. The molecule has 1 aromatic carbocycles. The van der Waals surface area contributed by atoms with Gasteiger partial charge < -0.3 is 14.5 Å². The monoisotopic (exact) mass is 245 g/mol. The van der Waals surface area contributed by atoms with Gasteiger partial charge in [0.25, 0.3) is 0 Å². The molecule has 0 saturated carbocycles. The summed E-state index contributed by atoms with van der Waals surface area (Å²) in [4.78, 5) is 0. The van der Waals surface area contributed by atoms with Gasteiger partial charge in [-0.2, -0.15) is 0 Å². The first-order chi connectivity index (χ1) is 8.84. The standard InChI is InChI=1S/C15H19NO2/c1-11-14(9-16-8-12-6-7-17-10-12)13-4-2-3-5-15(13)18-11/h2-5,12,16H,6-10H2,1H3. The minimum absolute atomic E-state index is 0.670. The molecule has 3 rings (SSSR count). The molecule has 3 heteroatoms. The molecule has 0 radical (unpaired) electrons. The molecule has 3 nitrogen and oxygen atoms in total. The van der Waals surface area contributed by atoms with Crippen LogP contribution in [0, 0.1) is 12.8 Å². The zero-order chi connectivity index (χ0) is 12.4. The number of aryl methyl sites for hydroxylation is 1. The maximum Gasteiger partial charge on any atom is 0.134 e. The lowest BCUT2D eigenvalue weighted by Gasteiger charge is -2.09. The number of ether oxygens (including phenoxy) is 1. The van der Waals surface area contributed by atoms with Crippen LogP contribution in [0.3, 0.4) is 0 Å². The van der Waals surface area contributed by atoms with Crippen molar-refractivity contribution in [1.82, 2.24) is 5.32 Å². The SMILES string of the molecule is Cc1oc2ccccc2c1CNCC1CCOC1. The Morgan fingerprint density at radius 1 is 1.33 bits per heavy atom. The highest BCUT2D eigenvalue weighted by atomic mass is 16.5. The number of hydrogen-bond acceptors (Lipinski definition) is 3. The normalized spacial score (nSPS) is 19.7. The van der Waals surface area contributed by atoms with E-state index in [1.54, 1.807) is 0 Å². The number of nitrogens with one attached hydrogen (secondary N) is 1. The minimum atomic E-state index is 0.670. The Balaban J connectivity index is 1.68. The van der Waals surface area contributed by atoms with Gasteiger partial charge in [-0.3, -0.25) is 0 Å². The lowest BCUT2D eigenvalue weighted by atomic mass is 10.1. The summed E-state index contributed by atoms with van der Waals surface area (Å²) in [7, 11) is 0. The molecule has 2 aromatic rings. The zero-order valence-corrected chi connectivity index (χ0v) is 10.7. The van der Waals surface area contributed by atoms with Crippen LogP contribution < -0.4 is 5.32 Å². The van der Waals surface area contributed by atoms with Crippen LogP contribution in [-0.2, 0) is 11.3 Å². The first kappa shape index (κ1) is 11.8. The van der Waals surface area contributed by atoms with Crippen LogP contribution in [0.1, 0.15) is 17.7 Å². The van der Waals surface area contributed by atoms with Gasteiger partial charge >= 0.3 is 0 Å². The van der Waals surface area contributed by atoms with E-state index in [4.69, 9.17) is 9.15 Å². The second kappa shape index (κ2) is 5.12. The predicted molar refractivity (Wildman–Crippen MR) is 71.6 cm³/mol. The maximum absolute atomic E-state index is 5.76. The molecule has 1 N–H and O–H groups in total. The third kappa shape index (κ3) is 2.28. The molecule has 1 saturated heterocycles. The molecule has 0 aliphatic carbocycles. The van der Waals surface area contributed by atoms with E-state index in [0.717, 1.165) is 37.6 Å². The topological polar surface area (TPSA) is 34.4 Å². The molecule has 2 heterocycles. The Morgan fingerprint density at radius 2 is 2.22 bits per heavy atom. The molecule has 0 amide bonds. The van der Waals surface area contributed by atoms with Gasteiger partial charge in [-0.15, -0.1) is 0 Å². The van der Waals surface area contributed by atoms with Gasteiger partial charge in [0.05, 0.1) is 6.61 Å². The number of rotatable bonds is 4. The Morgan fingerprint density at radius 3 is 3.06 bits per heavy atom. The van der Waals surface area contributed by atoms with Gasteiger partial charge in [-0.1, -0.05) is 18.2 Å². The van der Waals surface area contributed by atoms with Crippen LogP contribution in [0.4, 0.5) is 0 Å². The quantitative estimate of drug-likeness (QED) is 0.899. The van der Waals surface area contributed by atoms with Gasteiger partial charge in [-0.05, 0) is 25.3 Å². The third-order valence-electron chi connectivity index (χ3n) is 3.66. The highest BCUT2D eigenvalue weighted by Crippen LogP contribution is 2.25. The Kier molecular flexibility index (Phi) is 3.35. The molecule has 1 unspecified atom stereocenters. The third-order valence-corrected chi connectivity index (χ3v) is 3.66. The minimum Gasteiger partial charge on any atom is -0.461 e. The van der Waals surface area contributed by atoms with Crippen LogP contribution in [0.15, 0.2) is 28.7 Å². The maximum atomic E-state index is 5.76. The van der Waals surface area contributed by atoms with Crippen molar-refractivity contribution in [2.24, 2.45) is 5.92 Å². The highest BCUT2D eigenvalue weighted by Gasteiger charge is 2.16. The van der Waals surface area contributed by atoms with Crippen molar-refractivity contribution in [1.29, 1.82) is 0 Å². The Hall–Kier alpha value is -1.32. The fourth-order valence-corrected chi connectivity index (χ4v) is 2.59. The fourth-order valence-electron chi connectivity index (χ4n) is 2.59. The molecular formula is C15H19NO2. The number of benzene rings is 1. The zero-order valence-electron chi connectivity index (χ0n) is 10.7. The molecule has 0 bridgehead atoms. The van der Waals surface area contributed by atoms with Crippen LogP contribution in [0.5, 0.6) is 0 Å². The van der Waals surface area contributed by atoms with E-state index in [0.29, 0.717) is 5.92 Å². The average molecular weight is 245 g/mol. The summed E-state index contributed by atoms with van der Waals surface area (Å²) in [6.07, 6.45) is 1.18. The second-order valence-corrected chi connectivity index (χ2v) is 4.99. The van der Waals surface area contributed by atoms with Crippen molar-refractivity contribution < 1.29 is 9.15 Å². The summed E-state index contributed by atoms with van der Waals surface area (Å²) in [6.45, 7) is 5.76. The van der Waals surface area contributed by atoms with Crippen molar-refractivity contribution in [3.8, 4) is 0 Å². The molecule has 1 aliphatic rings. The van der Waals surface area contributed by atoms with Crippen LogP contribution in [0.25, 0.3) is 11.0 Å². The summed E-state index contributed by atoms with van der Waals surface area (Å²) in [5, 5.41) is 4.75. The molecule has 18 heavy (non-hydrogen) atoms. The van der Waals surface area contributed by atoms with Crippen molar-refractivity contribution in [3.05, 3.63) is 35.6 Å². The molecule has 1 fully saturated rings. The number of fused-ring (bicyclic) bond motifs is 1. The number of para-hydroxylation sites is 1. The van der Waals surface area contributed by atoms with E-state index >= 15 is 0 Å². The summed E-state index contributed by atoms with van der Waals surface area (Å²) in [6, 6.07) is 8.22. The highest BCUT2D eigenvalue weighted by molar-refractivity contribution is 5.82. The van der Waals surface area contributed by atoms with E-state index < -0.39 is 0 Å². The molecular weight excluding hydrogens is 226 g/mol. The van der Waals surface area contributed by atoms with E-state index in [2.05, 4.69) is 17.4 Å². The van der Waals surface area contributed by atoms with E-state index in [9.17, 15) is 0 Å². The van der Waals surface area contributed by atoms with Gasteiger partial charge in [0.2, 0.25) is 0 Å². The fraction of sp³-hybridized carbons (Fsp3) is 0.467. The molecule has 1 aliphatic heterocycles. The van der Waals surface area contributed by atoms with E-state index in [1.165, 1.54) is 17.4 Å². The summed E-state index contributed by atoms with van der Waals surface area (Å²) in [5.74, 6) is 1.69. The predicted octanol–water partition coefficient (Wildman–Crippen LogP) is 2.87. The van der Waals surface area contributed by atoms with Crippen LogP contribution in [0.2, 0.25) is 0 Å². The van der Waals surface area contributed by atoms with Crippen molar-refractivity contribution in [2.75, 3.05) is 19.8 Å². The summed E-state index contributed by atoms with van der Waals surface area (Å²) < 4.78 is 11.1. The van der Waals surface area contributed by atoms with Gasteiger partial charge in [0.15, 0.2) is 0 Å². The van der Waals surface area contributed by atoms with Crippen molar-refractivity contribution in [2.45, 2.75) is 19.9 Å². The molecule has 0 spiro atoms. The van der Waals surface area contributed by atoms with Gasteiger partial charge in [0, 0.05) is 30.6 Å². The molecule has 1 aromatic heterocycles. The van der Waals surface area contributed by atoms with Gasteiger partial charge in [-0.25, -0.2) is 0 Å². The van der Waals surface area contributed by atoms with Crippen molar-refractivity contribution in [3.63, 3.8) is 0 Å². The first-order valence-corrected chi connectivity index (χ1v) is 6.60.